The Kier molecular flexibility index (Phi) is 9.20. The SMILES string of the molecule is CC1(C(=O)O)C(Br)=C(Br)C(Br)=C(Br)C1(C)C(=O)O.NCCCN. The van der Waals surface area contributed by atoms with E-state index in [4.69, 9.17) is 11.5 Å². The maximum Gasteiger partial charge on any atom is 0.315 e. The zero-order valence-corrected chi connectivity index (χ0v) is 18.8. The molecule has 1 aliphatic rings. The van der Waals surface area contributed by atoms with Gasteiger partial charge in [-0.2, -0.15) is 0 Å². The van der Waals surface area contributed by atoms with E-state index in [9.17, 15) is 19.8 Å². The summed E-state index contributed by atoms with van der Waals surface area (Å²) in [5.74, 6) is -2.46. The smallest absolute Gasteiger partial charge is 0.315 e. The van der Waals surface area contributed by atoms with E-state index in [1.807, 2.05) is 0 Å². The first-order valence-corrected chi connectivity index (χ1v) is 9.60. The molecule has 132 valence electrons. The molecule has 1 aliphatic carbocycles. The number of rotatable bonds is 4. The minimum absolute atomic E-state index is 0.266. The number of hydrogen-bond acceptors (Lipinski definition) is 4. The van der Waals surface area contributed by atoms with Crippen molar-refractivity contribution in [1.29, 1.82) is 0 Å². The van der Waals surface area contributed by atoms with Gasteiger partial charge in [0.05, 0.1) is 0 Å². The number of hydrogen-bond donors (Lipinski definition) is 4. The second-order valence-corrected chi connectivity index (χ2v) is 8.22. The van der Waals surface area contributed by atoms with E-state index in [1.165, 1.54) is 13.8 Å². The molecule has 0 bridgehead atoms. The summed E-state index contributed by atoms with van der Waals surface area (Å²) < 4.78 is 1.47. The Balaban J connectivity index is 0.000000841. The summed E-state index contributed by atoms with van der Waals surface area (Å²) in [4.78, 5) is 23.2. The van der Waals surface area contributed by atoms with Gasteiger partial charge < -0.3 is 21.7 Å². The van der Waals surface area contributed by atoms with Crippen LogP contribution in [0.2, 0.25) is 0 Å². The predicted octanol–water partition coefficient (Wildman–Crippen LogP) is 3.48. The molecule has 10 heteroatoms. The lowest BCUT2D eigenvalue weighted by molar-refractivity contribution is -0.163. The van der Waals surface area contributed by atoms with Gasteiger partial charge in [-0.15, -0.1) is 0 Å². The molecule has 0 fully saturated rings. The molecule has 23 heavy (non-hydrogen) atoms. The minimum atomic E-state index is -1.63. The standard InChI is InChI=1S/C10H8Br4O4.C3H10N2/c1-9(7(15)16)5(13)3(11)4(12)6(14)10(9,2)8(17)18;4-2-1-3-5/h1-2H3,(H,15,16)(H,17,18);1-5H2. The molecule has 0 spiro atoms. The highest BCUT2D eigenvalue weighted by Gasteiger charge is 2.62. The summed E-state index contributed by atoms with van der Waals surface area (Å²) in [5.41, 5.74) is 6.86. The van der Waals surface area contributed by atoms with Crippen LogP contribution in [0.3, 0.4) is 0 Å². The maximum atomic E-state index is 11.6. The number of carboxylic acids is 2. The Morgan fingerprint density at radius 3 is 1.26 bits per heavy atom. The van der Waals surface area contributed by atoms with Crippen molar-refractivity contribution < 1.29 is 19.8 Å². The maximum absolute atomic E-state index is 11.6. The molecular weight excluding hydrogens is 568 g/mol. The normalized spacial score (nSPS) is 27.5. The van der Waals surface area contributed by atoms with Gasteiger partial charge in [-0.1, -0.05) is 31.9 Å². The van der Waals surface area contributed by atoms with Gasteiger partial charge in [0.2, 0.25) is 0 Å². The Morgan fingerprint density at radius 2 is 1.13 bits per heavy atom. The van der Waals surface area contributed by atoms with Crippen LogP contribution in [0.4, 0.5) is 0 Å². The van der Waals surface area contributed by atoms with E-state index in [0.717, 1.165) is 19.5 Å². The molecule has 2 atom stereocenters. The molecular formula is C13H18Br4N2O4. The van der Waals surface area contributed by atoms with Gasteiger partial charge in [0.15, 0.2) is 0 Å². The Bertz CT molecular complexity index is 516. The Hall–Kier alpha value is 0.260. The van der Waals surface area contributed by atoms with Crippen LogP contribution in [0.5, 0.6) is 0 Å². The number of aliphatic carboxylic acids is 2. The largest absolute Gasteiger partial charge is 0.481 e. The first kappa shape index (κ1) is 23.3. The molecule has 6 N–H and O–H groups in total. The molecule has 0 aliphatic heterocycles. The molecule has 0 aromatic heterocycles. The molecule has 0 aromatic rings. The van der Waals surface area contributed by atoms with Crippen LogP contribution in [0, 0.1) is 10.8 Å². The number of nitrogens with two attached hydrogens (primary N) is 2. The van der Waals surface area contributed by atoms with Crippen LogP contribution in [0.1, 0.15) is 20.3 Å². The van der Waals surface area contributed by atoms with Crippen molar-refractivity contribution >= 4 is 75.7 Å². The third kappa shape index (κ3) is 4.09. The molecule has 0 aromatic carbocycles. The van der Waals surface area contributed by atoms with Gasteiger partial charge >= 0.3 is 11.9 Å². The molecule has 6 nitrogen and oxygen atoms in total. The zero-order chi connectivity index (χ0) is 18.6. The Labute approximate surface area is 168 Å². The molecule has 0 saturated carbocycles. The zero-order valence-electron chi connectivity index (χ0n) is 12.5. The second kappa shape index (κ2) is 9.10. The predicted molar refractivity (Wildman–Crippen MR) is 104 cm³/mol. The van der Waals surface area contributed by atoms with E-state index in [2.05, 4.69) is 63.7 Å². The van der Waals surface area contributed by atoms with Gasteiger partial charge in [-0.05, 0) is 65.2 Å². The summed E-state index contributed by atoms with van der Waals surface area (Å²) in [5, 5.41) is 18.9. The summed E-state index contributed by atoms with van der Waals surface area (Å²) in [6.07, 6.45) is 0.944. The van der Waals surface area contributed by atoms with Crippen molar-refractivity contribution in [2.24, 2.45) is 22.3 Å². The van der Waals surface area contributed by atoms with Gasteiger partial charge in [0.1, 0.15) is 10.8 Å². The average Bonchev–Trinajstić information content (AvgIpc) is 2.50. The van der Waals surface area contributed by atoms with Gasteiger partial charge in [-0.3, -0.25) is 9.59 Å². The topological polar surface area (TPSA) is 127 Å². The van der Waals surface area contributed by atoms with Crippen LogP contribution in [0.15, 0.2) is 17.9 Å². The molecule has 1 rings (SSSR count). The highest BCUT2D eigenvalue weighted by atomic mass is 79.9. The highest BCUT2D eigenvalue weighted by Crippen LogP contribution is 2.61. The van der Waals surface area contributed by atoms with Gasteiger partial charge in [0.25, 0.3) is 0 Å². The van der Waals surface area contributed by atoms with E-state index in [1.54, 1.807) is 0 Å². The lowest BCUT2D eigenvalue weighted by Crippen LogP contribution is -2.51. The molecule has 0 amide bonds. The lowest BCUT2D eigenvalue weighted by Gasteiger charge is -2.43. The first-order chi connectivity index (χ1) is 10.4. The Morgan fingerprint density at radius 1 is 0.870 bits per heavy atom. The summed E-state index contributed by atoms with van der Waals surface area (Å²) >= 11 is 12.9. The van der Waals surface area contributed by atoms with E-state index in [0.29, 0.717) is 8.96 Å². The number of carbonyl (C=O) groups is 2. The van der Waals surface area contributed by atoms with Crippen molar-refractivity contribution in [3.63, 3.8) is 0 Å². The van der Waals surface area contributed by atoms with Crippen molar-refractivity contribution in [3.05, 3.63) is 17.9 Å². The molecule has 0 heterocycles. The first-order valence-electron chi connectivity index (χ1n) is 6.43. The second-order valence-electron chi connectivity index (χ2n) is 5.05. The van der Waals surface area contributed by atoms with E-state index in [-0.39, 0.29) is 8.96 Å². The van der Waals surface area contributed by atoms with Crippen LogP contribution in [0.25, 0.3) is 0 Å². The van der Waals surface area contributed by atoms with Gasteiger partial charge in [-0.25, -0.2) is 0 Å². The third-order valence-corrected chi connectivity index (χ3v) is 9.28. The quantitative estimate of drug-likeness (QED) is 0.400. The monoisotopic (exact) mass is 582 g/mol. The van der Waals surface area contributed by atoms with Crippen LogP contribution in [-0.4, -0.2) is 35.2 Å². The average molecular weight is 586 g/mol. The van der Waals surface area contributed by atoms with Crippen LogP contribution in [-0.2, 0) is 9.59 Å². The highest BCUT2D eigenvalue weighted by molar-refractivity contribution is 9.17. The van der Waals surface area contributed by atoms with E-state index >= 15 is 0 Å². The fourth-order valence-electron chi connectivity index (χ4n) is 1.80. The van der Waals surface area contributed by atoms with Crippen molar-refractivity contribution in [3.8, 4) is 0 Å². The lowest BCUT2D eigenvalue weighted by atomic mass is 9.63. The summed E-state index contributed by atoms with van der Waals surface area (Å²) in [6.45, 7) is 4.18. The fourth-order valence-corrected chi connectivity index (χ4v) is 5.05. The van der Waals surface area contributed by atoms with Crippen molar-refractivity contribution in [1.82, 2.24) is 0 Å². The fraction of sp³-hybridized carbons (Fsp3) is 0.538. The third-order valence-electron chi connectivity index (χ3n) is 3.72. The summed E-state index contributed by atoms with van der Waals surface area (Å²) in [7, 11) is 0. The molecule has 0 radical (unpaired) electrons. The van der Waals surface area contributed by atoms with Crippen molar-refractivity contribution in [2.75, 3.05) is 13.1 Å². The number of allylic oxidation sites excluding steroid dienone is 2. The van der Waals surface area contributed by atoms with Crippen LogP contribution >= 0.6 is 63.7 Å². The van der Waals surface area contributed by atoms with Gasteiger partial charge in [0, 0.05) is 17.9 Å². The van der Waals surface area contributed by atoms with E-state index < -0.39 is 22.8 Å². The number of carboxylic acid groups (broad SMARTS) is 2. The molecule has 0 saturated heterocycles. The molecule has 2 unspecified atom stereocenters. The summed E-state index contributed by atoms with van der Waals surface area (Å²) in [6, 6.07) is 0. The van der Waals surface area contributed by atoms with Crippen LogP contribution < -0.4 is 11.5 Å². The minimum Gasteiger partial charge on any atom is -0.481 e. The number of halogens is 4. The van der Waals surface area contributed by atoms with Crippen molar-refractivity contribution in [2.45, 2.75) is 20.3 Å².